The van der Waals surface area contributed by atoms with Gasteiger partial charge in [0, 0.05) is 36.7 Å². The highest BCUT2D eigenvalue weighted by molar-refractivity contribution is 6.31. The molecule has 2 aromatic carbocycles. The molecule has 0 amide bonds. The minimum atomic E-state index is 0.667. The normalized spacial score (nSPS) is 11.5. The summed E-state index contributed by atoms with van der Waals surface area (Å²) in [7, 11) is 1.77. The number of fused-ring (bicyclic) bond motifs is 1. The van der Waals surface area contributed by atoms with Crippen molar-refractivity contribution < 1.29 is 0 Å². The van der Waals surface area contributed by atoms with Crippen molar-refractivity contribution >= 4 is 28.5 Å². The fourth-order valence-corrected chi connectivity index (χ4v) is 2.96. The Balaban J connectivity index is 1.57. The molecule has 2 N–H and O–H groups in total. The molecule has 0 aliphatic heterocycles. The van der Waals surface area contributed by atoms with Crippen LogP contribution in [0.4, 0.5) is 0 Å². The summed E-state index contributed by atoms with van der Waals surface area (Å²) in [6.45, 7) is 1.43. The minimum Gasteiger partial charge on any atom is -0.356 e. The number of para-hydroxylation sites is 1. The number of halogens is 1. The van der Waals surface area contributed by atoms with Crippen LogP contribution in [0, 0.1) is 0 Å². The third kappa shape index (κ3) is 4.48. The van der Waals surface area contributed by atoms with Gasteiger partial charge < -0.3 is 10.6 Å². The highest BCUT2D eigenvalue weighted by Gasteiger charge is 2.04. The Labute approximate surface area is 153 Å². The van der Waals surface area contributed by atoms with Crippen molar-refractivity contribution in [3.05, 3.63) is 76.9 Å². The van der Waals surface area contributed by atoms with Crippen molar-refractivity contribution in [2.45, 2.75) is 13.0 Å². The predicted octanol–water partition coefficient (Wildman–Crippen LogP) is 3.80. The van der Waals surface area contributed by atoms with Crippen LogP contribution in [0.2, 0.25) is 5.02 Å². The Morgan fingerprint density at radius 2 is 1.80 bits per heavy atom. The topological polar surface area (TPSA) is 49.3 Å². The van der Waals surface area contributed by atoms with Crippen LogP contribution in [0.1, 0.15) is 11.1 Å². The number of hydrogen-bond donors (Lipinski definition) is 2. The maximum Gasteiger partial charge on any atom is 0.191 e. The predicted molar refractivity (Wildman–Crippen MR) is 105 cm³/mol. The zero-order valence-electron chi connectivity index (χ0n) is 14.2. The third-order valence-electron chi connectivity index (χ3n) is 4.03. The van der Waals surface area contributed by atoms with Crippen molar-refractivity contribution in [2.75, 3.05) is 13.6 Å². The maximum absolute atomic E-state index is 6.19. The summed E-state index contributed by atoms with van der Waals surface area (Å²) < 4.78 is 0. The van der Waals surface area contributed by atoms with E-state index in [0.29, 0.717) is 6.54 Å². The van der Waals surface area contributed by atoms with Gasteiger partial charge in [0.15, 0.2) is 5.96 Å². The van der Waals surface area contributed by atoms with Crippen molar-refractivity contribution in [1.82, 2.24) is 15.6 Å². The Morgan fingerprint density at radius 1 is 1.00 bits per heavy atom. The van der Waals surface area contributed by atoms with E-state index in [2.05, 4.69) is 44.9 Å². The average molecular weight is 353 g/mol. The molecule has 0 atom stereocenters. The number of benzene rings is 2. The first kappa shape index (κ1) is 17.2. The van der Waals surface area contributed by atoms with Crippen LogP contribution in [0.3, 0.4) is 0 Å². The van der Waals surface area contributed by atoms with Gasteiger partial charge in [-0.2, -0.15) is 0 Å². The van der Waals surface area contributed by atoms with E-state index in [-0.39, 0.29) is 0 Å². The fourth-order valence-electron chi connectivity index (χ4n) is 2.73. The van der Waals surface area contributed by atoms with Crippen LogP contribution >= 0.6 is 11.6 Å². The quantitative estimate of drug-likeness (QED) is 0.542. The SMILES string of the molecule is CN=C(NCCc1ccccc1Cl)NCc1cccc2cccnc12. The Bertz CT molecular complexity index is 871. The smallest absolute Gasteiger partial charge is 0.191 e. The number of nitrogens with zero attached hydrogens (tertiary/aromatic N) is 2. The van der Waals surface area contributed by atoms with E-state index in [1.165, 1.54) is 0 Å². The zero-order chi connectivity index (χ0) is 17.5. The van der Waals surface area contributed by atoms with Crippen LogP contribution in [0.5, 0.6) is 0 Å². The summed E-state index contributed by atoms with van der Waals surface area (Å²) in [4.78, 5) is 8.76. The van der Waals surface area contributed by atoms with Crippen LogP contribution in [-0.2, 0) is 13.0 Å². The molecule has 0 fully saturated rings. The molecule has 0 saturated carbocycles. The molecule has 0 bridgehead atoms. The molecule has 3 aromatic rings. The highest BCUT2D eigenvalue weighted by Crippen LogP contribution is 2.16. The van der Waals surface area contributed by atoms with Crippen molar-refractivity contribution in [3.63, 3.8) is 0 Å². The second-order valence-corrected chi connectivity index (χ2v) is 6.09. The molecule has 0 unspecified atom stereocenters. The van der Waals surface area contributed by atoms with E-state index in [1.54, 1.807) is 7.05 Å². The third-order valence-corrected chi connectivity index (χ3v) is 4.40. The van der Waals surface area contributed by atoms with Crippen molar-refractivity contribution in [3.8, 4) is 0 Å². The summed E-state index contributed by atoms with van der Waals surface area (Å²) in [6.07, 6.45) is 2.67. The van der Waals surface area contributed by atoms with Crippen LogP contribution in [-0.4, -0.2) is 24.5 Å². The highest BCUT2D eigenvalue weighted by atomic mass is 35.5. The monoisotopic (exact) mass is 352 g/mol. The molecule has 3 rings (SSSR count). The van der Waals surface area contributed by atoms with Gasteiger partial charge in [0.1, 0.15) is 0 Å². The lowest BCUT2D eigenvalue weighted by atomic mass is 10.1. The van der Waals surface area contributed by atoms with E-state index in [9.17, 15) is 0 Å². The van der Waals surface area contributed by atoms with Gasteiger partial charge >= 0.3 is 0 Å². The summed E-state index contributed by atoms with van der Waals surface area (Å²) in [5.41, 5.74) is 3.29. The molecule has 1 aromatic heterocycles. The summed E-state index contributed by atoms with van der Waals surface area (Å²) >= 11 is 6.19. The summed E-state index contributed by atoms with van der Waals surface area (Å²) in [6, 6.07) is 18.1. The molecule has 4 nitrogen and oxygen atoms in total. The fraction of sp³-hybridized carbons (Fsp3) is 0.200. The standard InChI is InChI=1S/C20H21ClN4/c1-22-20(24-13-11-15-6-2-3-10-18(15)21)25-14-17-8-4-7-16-9-5-12-23-19(16)17/h2-10,12H,11,13-14H2,1H3,(H2,22,24,25). The molecular weight excluding hydrogens is 332 g/mol. The minimum absolute atomic E-state index is 0.667. The number of aliphatic imine (C=N–C) groups is 1. The van der Waals surface area contributed by atoms with Crippen LogP contribution in [0.15, 0.2) is 65.8 Å². The second-order valence-electron chi connectivity index (χ2n) is 5.69. The van der Waals surface area contributed by atoms with Crippen molar-refractivity contribution in [2.24, 2.45) is 4.99 Å². The van der Waals surface area contributed by atoms with Gasteiger partial charge in [-0.3, -0.25) is 9.98 Å². The van der Waals surface area contributed by atoms with E-state index >= 15 is 0 Å². The number of aromatic nitrogens is 1. The molecule has 0 saturated heterocycles. The van der Waals surface area contributed by atoms with Gasteiger partial charge in [-0.05, 0) is 29.7 Å². The van der Waals surface area contributed by atoms with Gasteiger partial charge in [-0.1, -0.05) is 54.1 Å². The Kier molecular flexibility index (Phi) is 5.86. The van der Waals surface area contributed by atoms with Crippen LogP contribution in [0.25, 0.3) is 10.9 Å². The lowest BCUT2D eigenvalue weighted by Crippen LogP contribution is -2.37. The molecule has 128 valence electrons. The molecule has 5 heteroatoms. The van der Waals surface area contributed by atoms with Crippen molar-refractivity contribution in [1.29, 1.82) is 0 Å². The molecule has 0 radical (unpaired) electrons. The largest absolute Gasteiger partial charge is 0.356 e. The Morgan fingerprint density at radius 3 is 2.64 bits per heavy atom. The zero-order valence-corrected chi connectivity index (χ0v) is 14.9. The van der Waals surface area contributed by atoms with E-state index in [0.717, 1.165) is 46.0 Å². The van der Waals surface area contributed by atoms with Crippen LogP contribution < -0.4 is 10.6 Å². The summed E-state index contributed by atoms with van der Waals surface area (Å²) in [5.74, 6) is 0.764. The maximum atomic E-state index is 6.19. The van der Waals surface area contributed by atoms with Gasteiger partial charge in [0.05, 0.1) is 5.52 Å². The average Bonchev–Trinajstić information content (AvgIpc) is 2.66. The first-order chi connectivity index (χ1) is 12.3. The molecular formula is C20H21ClN4. The van der Waals surface area contributed by atoms with E-state index in [4.69, 9.17) is 11.6 Å². The first-order valence-corrected chi connectivity index (χ1v) is 8.66. The lowest BCUT2D eigenvalue weighted by molar-refractivity contribution is 0.796. The Hall–Kier alpha value is -2.59. The lowest BCUT2D eigenvalue weighted by Gasteiger charge is -2.13. The first-order valence-electron chi connectivity index (χ1n) is 8.28. The molecule has 25 heavy (non-hydrogen) atoms. The molecule has 0 spiro atoms. The van der Waals surface area contributed by atoms with Gasteiger partial charge in [-0.25, -0.2) is 0 Å². The van der Waals surface area contributed by atoms with Gasteiger partial charge in [-0.15, -0.1) is 0 Å². The number of rotatable bonds is 5. The number of hydrogen-bond acceptors (Lipinski definition) is 2. The number of guanidine groups is 1. The summed E-state index contributed by atoms with van der Waals surface area (Å²) in [5, 5.41) is 8.61. The van der Waals surface area contributed by atoms with E-state index < -0.39 is 0 Å². The number of nitrogens with one attached hydrogen (secondary N) is 2. The number of pyridine rings is 1. The second kappa shape index (κ2) is 8.49. The van der Waals surface area contributed by atoms with Gasteiger partial charge in [0.2, 0.25) is 0 Å². The van der Waals surface area contributed by atoms with Gasteiger partial charge in [0.25, 0.3) is 0 Å². The molecule has 1 heterocycles. The molecule has 0 aliphatic carbocycles. The van der Waals surface area contributed by atoms with E-state index in [1.807, 2.05) is 36.5 Å². The molecule has 0 aliphatic rings.